The number of phenolic OH excluding ortho intramolecular Hbond substituents is 2. The van der Waals surface area contributed by atoms with Gasteiger partial charge in [-0.3, -0.25) is 19.3 Å². The van der Waals surface area contributed by atoms with Crippen molar-refractivity contribution in [2.24, 2.45) is 0 Å². The Hall–Kier alpha value is -4.62. The second kappa shape index (κ2) is 15.7. The van der Waals surface area contributed by atoms with E-state index >= 15 is 0 Å². The lowest BCUT2D eigenvalue weighted by Crippen LogP contribution is -2.56. The van der Waals surface area contributed by atoms with Crippen molar-refractivity contribution >= 4 is 23.6 Å². The minimum atomic E-state index is -2.27. The summed E-state index contributed by atoms with van der Waals surface area (Å²) in [6, 6.07) is 4.23. The van der Waals surface area contributed by atoms with E-state index in [2.05, 4.69) is 22.1 Å². The molecule has 0 unspecified atom stereocenters. The highest BCUT2D eigenvalue weighted by molar-refractivity contribution is 6.31. The first-order chi connectivity index (χ1) is 26.8. The molecule has 56 heavy (non-hydrogen) atoms. The number of nitrogens with zero attached hydrogens (tertiary/aromatic N) is 1. The van der Waals surface area contributed by atoms with Gasteiger partial charge in [0, 0.05) is 61.6 Å². The minimum Gasteiger partial charge on any atom is -0.507 e. The van der Waals surface area contributed by atoms with E-state index in [1.807, 2.05) is 20.8 Å². The maximum absolute atomic E-state index is 14.1. The maximum Gasteiger partial charge on any atom is 0.407 e. The number of benzene rings is 2. The van der Waals surface area contributed by atoms with E-state index in [-0.39, 0.29) is 72.4 Å². The van der Waals surface area contributed by atoms with Crippen LogP contribution in [0.3, 0.4) is 0 Å². The predicted octanol–water partition coefficient (Wildman–Crippen LogP) is 1.96. The topological polar surface area (TPSA) is 221 Å². The van der Waals surface area contributed by atoms with Gasteiger partial charge in [0.2, 0.25) is 5.78 Å². The van der Waals surface area contributed by atoms with E-state index in [1.54, 1.807) is 0 Å². The number of aromatic hydroxyl groups is 2. The van der Waals surface area contributed by atoms with Crippen LogP contribution in [0.25, 0.3) is 0 Å². The van der Waals surface area contributed by atoms with E-state index in [9.17, 15) is 34.5 Å². The molecule has 2 aliphatic carbocycles. The summed E-state index contributed by atoms with van der Waals surface area (Å²) in [4.78, 5) is 55.8. The number of aliphatic hydroxyl groups is 1. The third kappa shape index (κ3) is 7.01. The SMILES string of the molecule is C=CCOC(=O)NCCNC(=O)[C@]1(O)Cc2c(O)c3c(c(O)c2[C@@H](O[C@H]2C[C@H]4[C@H](O[C@@H]5[C@@H](OC(C)C)OCCN54)[C@H](C)O2)C1)C(=O)c1c(OC)cccc1C3=O. The summed E-state index contributed by atoms with van der Waals surface area (Å²) < 4.78 is 41.4. The molecule has 0 radical (unpaired) electrons. The van der Waals surface area contributed by atoms with Crippen molar-refractivity contribution in [2.45, 2.75) is 94.9 Å². The highest BCUT2D eigenvalue weighted by Gasteiger charge is 2.55. The Morgan fingerprint density at radius 2 is 1.84 bits per heavy atom. The normalized spacial score (nSPS) is 29.4. The molecular formula is C39H47N3O14. The summed E-state index contributed by atoms with van der Waals surface area (Å²) in [7, 11) is 1.34. The van der Waals surface area contributed by atoms with Gasteiger partial charge in [0.05, 0.1) is 48.7 Å². The van der Waals surface area contributed by atoms with Crippen molar-refractivity contribution in [3.05, 3.63) is 64.2 Å². The summed E-state index contributed by atoms with van der Waals surface area (Å²) in [6.07, 6.45) is -4.50. The Labute approximate surface area is 322 Å². The van der Waals surface area contributed by atoms with Crippen LogP contribution in [0.5, 0.6) is 17.2 Å². The zero-order chi connectivity index (χ0) is 40.1. The zero-order valence-electron chi connectivity index (χ0n) is 31.6. The quantitative estimate of drug-likeness (QED) is 0.107. The van der Waals surface area contributed by atoms with Gasteiger partial charge in [-0.05, 0) is 26.8 Å². The number of carbonyl (C=O) groups excluding carboxylic acids is 4. The molecule has 3 fully saturated rings. The first-order valence-corrected chi connectivity index (χ1v) is 18.7. The molecule has 0 aromatic heterocycles. The molecule has 2 aromatic rings. The molecule has 3 heterocycles. The lowest BCUT2D eigenvalue weighted by Gasteiger charge is -2.43. The molecule has 2 aromatic carbocycles. The van der Waals surface area contributed by atoms with Crippen molar-refractivity contribution < 1.29 is 67.7 Å². The molecule has 302 valence electrons. The predicted molar refractivity (Wildman–Crippen MR) is 193 cm³/mol. The highest BCUT2D eigenvalue weighted by atomic mass is 16.7. The number of ether oxygens (including phenoxy) is 7. The lowest BCUT2D eigenvalue weighted by molar-refractivity contribution is -0.269. The average molecular weight is 782 g/mol. The fourth-order valence-corrected chi connectivity index (χ4v) is 8.38. The maximum atomic E-state index is 14.1. The van der Waals surface area contributed by atoms with Crippen LogP contribution in [-0.4, -0.2) is 133 Å². The van der Waals surface area contributed by atoms with E-state index in [0.29, 0.717) is 13.2 Å². The molecule has 3 aliphatic heterocycles. The molecule has 0 saturated carbocycles. The molecule has 7 rings (SSSR count). The zero-order valence-corrected chi connectivity index (χ0v) is 31.6. The van der Waals surface area contributed by atoms with Crippen LogP contribution in [-0.2, 0) is 39.6 Å². The van der Waals surface area contributed by atoms with Crippen LogP contribution >= 0.6 is 0 Å². The Balaban J connectivity index is 1.22. The molecule has 8 atom stereocenters. The summed E-state index contributed by atoms with van der Waals surface area (Å²) in [6.45, 7) is 9.92. The van der Waals surface area contributed by atoms with Crippen molar-refractivity contribution in [1.29, 1.82) is 0 Å². The highest BCUT2D eigenvalue weighted by Crippen LogP contribution is 2.53. The number of ketones is 2. The lowest BCUT2D eigenvalue weighted by atomic mass is 9.72. The summed E-state index contributed by atoms with van der Waals surface area (Å²) in [5.41, 5.74) is -3.53. The van der Waals surface area contributed by atoms with E-state index in [1.165, 1.54) is 31.4 Å². The molecule has 0 bridgehead atoms. The molecule has 3 saturated heterocycles. The second-order valence-electron chi connectivity index (χ2n) is 14.7. The van der Waals surface area contributed by atoms with Crippen LogP contribution in [0.1, 0.15) is 82.7 Å². The number of phenols is 2. The van der Waals surface area contributed by atoms with Gasteiger partial charge in [0.15, 0.2) is 24.6 Å². The van der Waals surface area contributed by atoms with Gasteiger partial charge in [-0.2, -0.15) is 0 Å². The molecule has 17 nitrogen and oxygen atoms in total. The van der Waals surface area contributed by atoms with Gasteiger partial charge in [0.1, 0.15) is 35.6 Å². The Morgan fingerprint density at radius 3 is 2.57 bits per heavy atom. The van der Waals surface area contributed by atoms with Crippen molar-refractivity contribution in [2.75, 3.05) is 40.0 Å². The van der Waals surface area contributed by atoms with E-state index < -0.39 is 95.7 Å². The Kier molecular flexibility index (Phi) is 11.1. The van der Waals surface area contributed by atoms with Gasteiger partial charge >= 0.3 is 6.09 Å². The first-order valence-electron chi connectivity index (χ1n) is 18.7. The monoisotopic (exact) mass is 781 g/mol. The smallest absolute Gasteiger partial charge is 0.407 e. The molecule has 0 spiro atoms. The van der Waals surface area contributed by atoms with Crippen LogP contribution < -0.4 is 15.4 Å². The Morgan fingerprint density at radius 1 is 1.09 bits per heavy atom. The molecule has 17 heteroatoms. The number of methoxy groups -OCH3 is 1. The third-order valence-corrected chi connectivity index (χ3v) is 10.8. The Bertz CT molecular complexity index is 1920. The van der Waals surface area contributed by atoms with E-state index in [0.717, 1.165) is 0 Å². The number of morpholine rings is 1. The van der Waals surface area contributed by atoms with Gasteiger partial charge in [-0.1, -0.05) is 24.8 Å². The van der Waals surface area contributed by atoms with Crippen molar-refractivity contribution in [3.8, 4) is 17.2 Å². The van der Waals surface area contributed by atoms with E-state index in [4.69, 9.17) is 33.2 Å². The average Bonchev–Trinajstić information content (AvgIpc) is 3.55. The third-order valence-electron chi connectivity index (χ3n) is 10.8. The minimum absolute atomic E-state index is 0.00990. The summed E-state index contributed by atoms with van der Waals surface area (Å²) in [5.74, 6) is -3.60. The van der Waals surface area contributed by atoms with Crippen molar-refractivity contribution in [1.82, 2.24) is 15.5 Å². The fourth-order valence-electron chi connectivity index (χ4n) is 8.38. The number of amides is 2. The van der Waals surface area contributed by atoms with Crippen molar-refractivity contribution in [3.63, 3.8) is 0 Å². The number of hydrogen-bond donors (Lipinski definition) is 5. The fraction of sp³-hybridized carbons (Fsp3) is 0.538. The standard InChI is InChI=1S/C39H47N3O14/c1-6-13-52-38(48)41-11-10-40-37(47)39(49)16-21-27(33(46)29-28(31(21)44)30(43)20-8-7-9-23(50-5)26(20)32(29)45)24(17-39)55-25-15-22-34(19(4)54-25)56-35-36(53-18(2)3)51-14-12-42(22)35/h6-9,18-19,22,24-25,34-36,44,46,49H,1,10-17H2,2-5H3,(H,40,47)(H,41,48)/t19-,22-,24-,25-,34+,35+,36+,39-/m0/s1. The first kappa shape index (κ1) is 39.6. The van der Waals surface area contributed by atoms with Crippen LogP contribution in [0, 0.1) is 0 Å². The van der Waals surface area contributed by atoms with Crippen LogP contribution in [0.15, 0.2) is 30.9 Å². The van der Waals surface area contributed by atoms with Gasteiger partial charge in [-0.15, -0.1) is 0 Å². The van der Waals surface area contributed by atoms with Gasteiger partial charge in [-0.25, -0.2) is 4.79 Å². The molecule has 2 amide bonds. The van der Waals surface area contributed by atoms with Crippen LogP contribution in [0.4, 0.5) is 4.79 Å². The molecule has 5 N–H and O–H groups in total. The summed E-state index contributed by atoms with van der Waals surface area (Å²) in [5, 5.41) is 41.0. The number of alkyl carbamates (subject to hydrolysis) is 1. The molecule has 5 aliphatic rings. The number of fused-ring (bicyclic) bond motifs is 6. The largest absolute Gasteiger partial charge is 0.507 e. The summed E-state index contributed by atoms with van der Waals surface area (Å²) >= 11 is 0. The molecular weight excluding hydrogens is 734 g/mol. The van der Waals surface area contributed by atoms with Gasteiger partial charge < -0.3 is 59.1 Å². The number of nitrogens with one attached hydrogen (secondary N) is 2. The number of carbonyl (C=O) groups is 4. The number of hydrogen-bond acceptors (Lipinski definition) is 15. The number of rotatable bonds is 11. The second-order valence-corrected chi connectivity index (χ2v) is 14.7. The van der Waals surface area contributed by atoms with Gasteiger partial charge in [0.25, 0.3) is 5.91 Å². The van der Waals surface area contributed by atoms with Crippen LogP contribution in [0.2, 0.25) is 0 Å².